The fourth-order valence-corrected chi connectivity index (χ4v) is 2.73. The molecule has 1 heterocycles. The van der Waals surface area contributed by atoms with Crippen LogP contribution in [0.2, 0.25) is 5.02 Å². The molecular weight excluding hydrogens is 393 g/mol. The van der Waals surface area contributed by atoms with E-state index in [1.54, 1.807) is 12.1 Å². The van der Waals surface area contributed by atoms with Crippen LogP contribution in [0.4, 0.5) is 24.5 Å². The highest BCUT2D eigenvalue weighted by Gasteiger charge is 2.30. The van der Waals surface area contributed by atoms with Crippen molar-refractivity contribution < 1.29 is 18.0 Å². The number of aromatic nitrogens is 2. The minimum absolute atomic E-state index is 0.0225. The van der Waals surface area contributed by atoms with Gasteiger partial charge in [-0.05, 0) is 30.3 Å². The van der Waals surface area contributed by atoms with Gasteiger partial charge in [-0.1, -0.05) is 23.7 Å². The Bertz CT molecular complexity index is 1020. The minimum atomic E-state index is -4.43. The summed E-state index contributed by atoms with van der Waals surface area (Å²) in [6, 6.07) is 9.18. The van der Waals surface area contributed by atoms with Crippen molar-refractivity contribution in [2.75, 3.05) is 17.7 Å². The number of carbonyl (C=O) groups is 1. The Morgan fingerprint density at radius 1 is 1.11 bits per heavy atom. The number of nitrogens with zero attached hydrogens (tertiary/aromatic N) is 3. The number of anilines is 2. The van der Waals surface area contributed by atoms with Crippen molar-refractivity contribution in [3.63, 3.8) is 0 Å². The summed E-state index contributed by atoms with van der Waals surface area (Å²) >= 11 is 5.87. The maximum absolute atomic E-state index is 12.7. The predicted molar refractivity (Wildman–Crippen MR) is 101 cm³/mol. The molecular formula is C19H14ClF3N4O. The van der Waals surface area contributed by atoms with Gasteiger partial charge in [-0.3, -0.25) is 9.78 Å². The van der Waals surface area contributed by atoms with E-state index in [4.69, 9.17) is 17.3 Å². The molecule has 0 saturated heterocycles. The molecule has 2 aromatic carbocycles. The Hall–Kier alpha value is -3.13. The van der Waals surface area contributed by atoms with E-state index in [2.05, 4.69) is 9.97 Å². The summed E-state index contributed by atoms with van der Waals surface area (Å²) in [5, 5.41) is 0.436. The highest BCUT2D eigenvalue weighted by atomic mass is 35.5. The molecule has 0 unspecified atom stereocenters. The lowest BCUT2D eigenvalue weighted by atomic mass is 10.1. The second-order valence-corrected chi connectivity index (χ2v) is 6.37. The molecule has 3 aromatic rings. The standard InChI is InChI=1S/C19H14ClF3N4O/c1-27(17-7-6-13(20)8-14(17)24)18(28)16-10-25-9-15(26-16)11-2-4-12(5-3-11)19(21,22)23/h2-10H,24H2,1H3. The lowest BCUT2D eigenvalue weighted by molar-refractivity contribution is -0.137. The zero-order chi connectivity index (χ0) is 20.5. The first-order valence-electron chi connectivity index (χ1n) is 7.99. The molecule has 0 saturated carbocycles. The van der Waals surface area contributed by atoms with Crippen molar-refractivity contribution in [3.05, 3.63) is 71.1 Å². The van der Waals surface area contributed by atoms with E-state index in [9.17, 15) is 18.0 Å². The number of hydrogen-bond acceptors (Lipinski definition) is 4. The number of carbonyl (C=O) groups excluding carboxylic acids is 1. The van der Waals surface area contributed by atoms with Crippen molar-refractivity contribution in [2.24, 2.45) is 0 Å². The van der Waals surface area contributed by atoms with Gasteiger partial charge in [0.1, 0.15) is 5.69 Å². The highest BCUT2D eigenvalue weighted by Crippen LogP contribution is 2.31. The predicted octanol–water partition coefficient (Wildman–Crippen LogP) is 4.67. The largest absolute Gasteiger partial charge is 0.416 e. The molecule has 0 aliphatic heterocycles. The normalized spacial score (nSPS) is 11.3. The third kappa shape index (κ3) is 4.07. The van der Waals surface area contributed by atoms with E-state index in [-0.39, 0.29) is 11.4 Å². The molecule has 0 aliphatic carbocycles. The lowest BCUT2D eigenvalue weighted by Crippen LogP contribution is -2.28. The van der Waals surface area contributed by atoms with Gasteiger partial charge in [0.2, 0.25) is 0 Å². The molecule has 0 bridgehead atoms. The summed E-state index contributed by atoms with van der Waals surface area (Å²) in [5.41, 5.74) is 6.59. The van der Waals surface area contributed by atoms with Crippen molar-refractivity contribution in [1.82, 2.24) is 9.97 Å². The first kappa shape index (κ1) is 19.6. The van der Waals surface area contributed by atoms with Crippen LogP contribution in [0, 0.1) is 0 Å². The highest BCUT2D eigenvalue weighted by molar-refractivity contribution is 6.31. The van der Waals surface area contributed by atoms with Crippen LogP contribution >= 0.6 is 11.6 Å². The zero-order valence-corrected chi connectivity index (χ0v) is 15.3. The third-order valence-corrected chi connectivity index (χ3v) is 4.25. The van der Waals surface area contributed by atoms with Crippen LogP contribution in [0.1, 0.15) is 16.1 Å². The van der Waals surface area contributed by atoms with E-state index in [0.717, 1.165) is 12.1 Å². The Morgan fingerprint density at radius 2 is 1.79 bits per heavy atom. The van der Waals surface area contributed by atoms with Gasteiger partial charge in [0.15, 0.2) is 0 Å². The van der Waals surface area contributed by atoms with Crippen LogP contribution in [0.15, 0.2) is 54.9 Å². The number of rotatable bonds is 3. The molecule has 0 spiro atoms. The van der Waals surface area contributed by atoms with Gasteiger partial charge in [-0.15, -0.1) is 0 Å². The van der Waals surface area contributed by atoms with Crippen molar-refractivity contribution >= 4 is 28.9 Å². The number of benzene rings is 2. The monoisotopic (exact) mass is 406 g/mol. The first-order chi connectivity index (χ1) is 13.2. The van der Waals surface area contributed by atoms with Gasteiger partial charge in [-0.25, -0.2) is 4.98 Å². The SMILES string of the molecule is CN(C(=O)c1cncc(-c2ccc(C(F)(F)F)cc2)n1)c1ccc(Cl)cc1N. The smallest absolute Gasteiger partial charge is 0.397 e. The van der Waals surface area contributed by atoms with Crippen LogP contribution in [-0.4, -0.2) is 22.9 Å². The fourth-order valence-electron chi connectivity index (χ4n) is 2.55. The molecule has 9 heteroatoms. The number of hydrogen-bond donors (Lipinski definition) is 1. The molecule has 0 fully saturated rings. The minimum Gasteiger partial charge on any atom is -0.397 e. The second-order valence-electron chi connectivity index (χ2n) is 5.93. The molecule has 144 valence electrons. The second kappa shape index (κ2) is 7.47. The number of alkyl halides is 3. The van der Waals surface area contributed by atoms with Crippen molar-refractivity contribution in [3.8, 4) is 11.3 Å². The van der Waals surface area contributed by atoms with Gasteiger partial charge in [-0.2, -0.15) is 13.2 Å². The van der Waals surface area contributed by atoms with Crippen LogP contribution < -0.4 is 10.6 Å². The average Bonchev–Trinajstić information content (AvgIpc) is 2.66. The molecule has 1 aromatic heterocycles. The molecule has 0 atom stereocenters. The summed E-state index contributed by atoms with van der Waals surface area (Å²) in [5.74, 6) is -0.477. The number of amides is 1. The Kier molecular flexibility index (Phi) is 5.24. The summed E-state index contributed by atoms with van der Waals surface area (Å²) in [6.07, 6.45) is -1.78. The van der Waals surface area contributed by atoms with E-state index in [0.29, 0.717) is 22.0 Å². The topological polar surface area (TPSA) is 72.1 Å². The first-order valence-corrected chi connectivity index (χ1v) is 8.37. The maximum atomic E-state index is 12.7. The maximum Gasteiger partial charge on any atom is 0.416 e. The third-order valence-electron chi connectivity index (χ3n) is 4.02. The summed E-state index contributed by atoms with van der Waals surface area (Å²) < 4.78 is 38.1. The zero-order valence-electron chi connectivity index (χ0n) is 14.5. The van der Waals surface area contributed by atoms with Crippen LogP contribution in [0.25, 0.3) is 11.3 Å². The van der Waals surface area contributed by atoms with Gasteiger partial charge < -0.3 is 10.6 Å². The van der Waals surface area contributed by atoms with Crippen LogP contribution in [0.5, 0.6) is 0 Å². The molecule has 2 N–H and O–H groups in total. The number of nitrogen functional groups attached to an aromatic ring is 1. The molecule has 5 nitrogen and oxygen atoms in total. The molecule has 0 aliphatic rings. The quantitative estimate of drug-likeness (QED) is 0.641. The summed E-state index contributed by atoms with van der Waals surface area (Å²) in [6.45, 7) is 0. The number of halogens is 4. The van der Waals surface area contributed by atoms with E-state index in [1.807, 2.05) is 0 Å². The summed E-state index contributed by atoms with van der Waals surface area (Å²) in [7, 11) is 1.52. The van der Waals surface area contributed by atoms with Gasteiger partial charge >= 0.3 is 6.18 Å². The Balaban J connectivity index is 1.89. The summed E-state index contributed by atoms with van der Waals surface area (Å²) in [4.78, 5) is 22.2. The van der Waals surface area contributed by atoms with Crippen molar-refractivity contribution in [2.45, 2.75) is 6.18 Å². The lowest BCUT2D eigenvalue weighted by Gasteiger charge is -2.19. The van der Waals surface area contributed by atoms with E-state index >= 15 is 0 Å². The van der Waals surface area contributed by atoms with E-state index in [1.165, 1.54) is 42.5 Å². The Morgan fingerprint density at radius 3 is 2.39 bits per heavy atom. The van der Waals surface area contributed by atoms with Gasteiger partial charge in [0.05, 0.1) is 35.0 Å². The molecule has 28 heavy (non-hydrogen) atoms. The molecule has 1 amide bonds. The fraction of sp³-hybridized carbons (Fsp3) is 0.105. The molecule has 3 rings (SSSR count). The van der Waals surface area contributed by atoms with Gasteiger partial charge in [0, 0.05) is 17.6 Å². The van der Waals surface area contributed by atoms with Gasteiger partial charge in [0.25, 0.3) is 5.91 Å². The van der Waals surface area contributed by atoms with Crippen LogP contribution in [-0.2, 0) is 6.18 Å². The Labute approximate surface area is 163 Å². The molecule has 0 radical (unpaired) electrons. The number of nitrogens with two attached hydrogens (primary N) is 1. The van der Waals surface area contributed by atoms with Crippen molar-refractivity contribution in [1.29, 1.82) is 0 Å². The average molecular weight is 407 g/mol. The van der Waals surface area contributed by atoms with Crippen LogP contribution in [0.3, 0.4) is 0 Å². The van der Waals surface area contributed by atoms with E-state index < -0.39 is 17.6 Å².